The van der Waals surface area contributed by atoms with Crippen molar-refractivity contribution in [2.75, 3.05) is 11.4 Å². The first-order chi connectivity index (χ1) is 12.6. The number of benzene rings is 1. The Bertz CT molecular complexity index is 716. The predicted molar refractivity (Wildman–Crippen MR) is 113 cm³/mol. The Labute approximate surface area is 165 Å². The van der Waals surface area contributed by atoms with Crippen molar-refractivity contribution in [3.8, 4) is 11.8 Å². The third-order valence-electron chi connectivity index (χ3n) is 4.98. The number of unbranched alkanes of at least 4 members (excludes halogenated alkanes) is 3. The van der Waals surface area contributed by atoms with E-state index in [-0.39, 0.29) is 11.5 Å². The Kier molecular flexibility index (Phi) is 6.98. The number of anilines is 1. The summed E-state index contributed by atoms with van der Waals surface area (Å²) in [5.41, 5.74) is 2.90. The molecule has 0 N–H and O–H groups in total. The van der Waals surface area contributed by atoms with Gasteiger partial charge in [0, 0.05) is 19.4 Å². The maximum absolute atomic E-state index is 12.7. The van der Waals surface area contributed by atoms with Crippen molar-refractivity contribution in [2.24, 2.45) is 0 Å². The van der Waals surface area contributed by atoms with Gasteiger partial charge < -0.3 is 4.74 Å². The molecule has 1 amide bonds. The maximum Gasteiger partial charge on any atom is 0.414 e. The molecule has 1 aromatic carbocycles. The quantitative estimate of drug-likeness (QED) is 0.465. The number of hydrogen-bond donors (Lipinski definition) is 0. The Hall–Kier alpha value is -1.95. The molecule has 0 radical (unpaired) electrons. The van der Waals surface area contributed by atoms with Crippen LogP contribution in [0, 0.1) is 11.8 Å². The van der Waals surface area contributed by atoms with Crippen molar-refractivity contribution < 1.29 is 9.53 Å². The van der Waals surface area contributed by atoms with Crippen molar-refractivity contribution in [1.82, 2.24) is 0 Å². The smallest absolute Gasteiger partial charge is 0.414 e. The second-order valence-corrected chi connectivity index (χ2v) is 9.10. The Morgan fingerprint density at radius 1 is 1.22 bits per heavy atom. The van der Waals surface area contributed by atoms with Crippen LogP contribution in [-0.4, -0.2) is 18.2 Å². The fourth-order valence-electron chi connectivity index (χ4n) is 3.35. The van der Waals surface area contributed by atoms with Crippen LogP contribution in [0.25, 0.3) is 0 Å². The minimum Gasteiger partial charge on any atom is -0.443 e. The van der Waals surface area contributed by atoms with Crippen LogP contribution in [-0.2, 0) is 16.6 Å². The van der Waals surface area contributed by atoms with Gasteiger partial charge in [-0.3, -0.25) is 4.90 Å². The summed E-state index contributed by atoms with van der Waals surface area (Å²) in [7, 11) is 0. The summed E-state index contributed by atoms with van der Waals surface area (Å²) in [5, 5.41) is 0. The summed E-state index contributed by atoms with van der Waals surface area (Å²) in [6.07, 6.45) is 6.00. The molecule has 0 spiro atoms. The molecule has 3 nitrogen and oxygen atoms in total. The summed E-state index contributed by atoms with van der Waals surface area (Å²) >= 11 is 0. The van der Waals surface area contributed by atoms with Gasteiger partial charge in [0.1, 0.15) is 5.60 Å². The molecule has 1 aromatic rings. The summed E-state index contributed by atoms with van der Waals surface area (Å²) in [6, 6.07) is 6.45. The molecule has 0 saturated carbocycles. The lowest BCUT2D eigenvalue weighted by Gasteiger charge is -2.39. The second-order valence-electron chi connectivity index (χ2n) is 9.10. The van der Waals surface area contributed by atoms with Gasteiger partial charge in [-0.1, -0.05) is 51.7 Å². The molecule has 148 valence electrons. The van der Waals surface area contributed by atoms with E-state index in [9.17, 15) is 4.79 Å². The Balaban J connectivity index is 2.21. The van der Waals surface area contributed by atoms with Gasteiger partial charge in [-0.05, 0) is 56.2 Å². The van der Waals surface area contributed by atoms with Crippen LogP contribution >= 0.6 is 0 Å². The molecule has 0 aromatic heterocycles. The first-order valence-corrected chi connectivity index (χ1v) is 10.2. The van der Waals surface area contributed by atoms with Gasteiger partial charge in [0.15, 0.2) is 0 Å². The number of fused-ring (bicyclic) bond motifs is 1. The average molecular weight is 370 g/mol. The van der Waals surface area contributed by atoms with Crippen molar-refractivity contribution in [3.05, 3.63) is 29.3 Å². The molecular weight excluding hydrogens is 334 g/mol. The molecule has 27 heavy (non-hydrogen) atoms. The Morgan fingerprint density at radius 3 is 2.63 bits per heavy atom. The topological polar surface area (TPSA) is 29.5 Å². The number of hydrogen-bond acceptors (Lipinski definition) is 2. The highest BCUT2D eigenvalue weighted by Gasteiger charge is 2.35. The largest absolute Gasteiger partial charge is 0.443 e. The van der Waals surface area contributed by atoms with E-state index in [1.807, 2.05) is 20.8 Å². The standard InChI is InChI=1S/C24H35NO2/c1-7-8-9-10-11-12-13-19-14-15-20-21(18-19)25(17-16-24(20,5)6)22(26)27-23(2,3)4/h14-15,18H,7-10,13,16-17H2,1-6H3. The van der Waals surface area contributed by atoms with E-state index in [0.717, 1.165) is 30.5 Å². The van der Waals surface area contributed by atoms with Gasteiger partial charge in [0.25, 0.3) is 0 Å². The van der Waals surface area contributed by atoms with Crippen LogP contribution in [0.5, 0.6) is 0 Å². The molecular formula is C24H35NO2. The maximum atomic E-state index is 12.7. The minimum absolute atomic E-state index is 0.0538. The minimum atomic E-state index is -0.494. The lowest BCUT2D eigenvalue weighted by Crippen LogP contribution is -2.43. The van der Waals surface area contributed by atoms with E-state index in [4.69, 9.17) is 4.74 Å². The van der Waals surface area contributed by atoms with E-state index in [2.05, 4.69) is 50.8 Å². The second kappa shape index (κ2) is 8.83. The third kappa shape index (κ3) is 6.03. The van der Waals surface area contributed by atoms with E-state index >= 15 is 0 Å². The summed E-state index contributed by atoms with van der Waals surface area (Å²) in [6.45, 7) is 13.1. The number of ether oxygens (including phenoxy) is 1. The lowest BCUT2D eigenvalue weighted by molar-refractivity contribution is 0.0574. The van der Waals surface area contributed by atoms with Gasteiger partial charge in [-0.25, -0.2) is 4.79 Å². The molecule has 1 heterocycles. The number of carbonyl (C=O) groups excluding carboxylic acids is 1. The van der Waals surface area contributed by atoms with Crippen LogP contribution < -0.4 is 4.90 Å². The van der Waals surface area contributed by atoms with Crippen LogP contribution in [0.15, 0.2) is 18.2 Å². The molecule has 3 heteroatoms. The molecule has 1 aliphatic rings. The van der Waals surface area contributed by atoms with Crippen LogP contribution in [0.4, 0.5) is 10.5 Å². The third-order valence-corrected chi connectivity index (χ3v) is 4.98. The van der Waals surface area contributed by atoms with Gasteiger partial charge >= 0.3 is 6.09 Å². The summed E-state index contributed by atoms with van der Waals surface area (Å²) < 4.78 is 5.64. The van der Waals surface area contributed by atoms with Crippen molar-refractivity contribution >= 4 is 11.8 Å². The predicted octanol–water partition coefficient (Wildman–Crippen LogP) is 6.24. The van der Waals surface area contributed by atoms with Crippen LogP contribution in [0.3, 0.4) is 0 Å². The monoisotopic (exact) mass is 369 g/mol. The first-order valence-electron chi connectivity index (χ1n) is 10.2. The molecule has 0 aliphatic carbocycles. The molecule has 0 unspecified atom stereocenters. The fourth-order valence-corrected chi connectivity index (χ4v) is 3.35. The van der Waals surface area contributed by atoms with Gasteiger partial charge in [0.2, 0.25) is 0 Å². The zero-order valence-corrected chi connectivity index (χ0v) is 17.9. The SMILES string of the molecule is CCCCCC#CCc1ccc2c(c1)N(C(=O)OC(C)(C)C)CCC2(C)C. The summed E-state index contributed by atoms with van der Waals surface area (Å²) in [5.74, 6) is 6.56. The molecule has 0 atom stereocenters. The van der Waals surface area contributed by atoms with Crippen molar-refractivity contribution in [2.45, 2.75) is 91.1 Å². The number of carbonyl (C=O) groups is 1. The van der Waals surface area contributed by atoms with Crippen LogP contribution in [0.2, 0.25) is 0 Å². The van der Waals surface area contributed by atoms with E-state index in [1.165, 1.54) is 24.8 Å². The highest BCUT2D eigenvalue weighted by atomic mass is 16.6. The number of rotatable bonds is 4. The van der Waals surface area contributed by atoms with Gasteiger partial charge in [0.05, 0.1) is 5.69 Å². The van der Waals surface area contributed by atoms with E-state index in [0.29, 0.717) is 6.54 Å². The number of nitrogens with zero attached hydrogens (tertiary/aromatic N) is 1. The Morgan fingerprint density at radius 2 is 1.96 bits per heavy atom. The number of amides is 1. The lowest BCUT2D eigenvalue weighted by atomic mass is 9.77. The van der Waals surface area contributed by atoms with Crippen molar-refractivity contribution in [3.63, 3.8) is 0 Å². The van der Waals surface area contributed by atoms with Crippen LogP contribution in [0.1, 0.15) is 84.8 Å². The highest BCUT2D eigenvalue weighted by molar-refractivity contribution is 5.90. The normalized spacial score (nSPS) is 15.6. The fraction of sp³-hybridized carbons (Fsp3) is 0.625. The summed E-state index contributed by atoms with van der Waals surface area (Å²) in [4.78, 5) is 14.5. The zero-order chi connectivity index (χ0) is 20.1. The molecule has 1 aliphatic heterocycles. The van der Waals surface area contributed by atoms with E-state index < -0.39 is 5.60 Å². The molecule has 0 saturated heterocycles. The highest BCUT2D eigenvalue weighted by Crippen LogP contribution is 2.40. The molecule has 2 rings (SSSR count). The average Bonchev–Trinajstić information content (AvgIpc) is 2.56. The van der Waals surface area contributed by atoms with Crippen molar-refractivity contribution in [1.29, 1.82) is 0 Å². The van der Waals surface area contributed by atoms with E-state index in [1.54, 1.807) is 4.90 Å². The van der Waals surface area contributed by atoms with Gasteiger partial charge in [-0.2, -0.15) is 0 Å². The molecule has 0 bridgehead atoms. The van der Waals surface area contributed by atoms with Gasteiger partial charge in [-0.15, -0.1) is 5.92 Å². The molecule has 0 fully saturated rings. The zero-order valence-electron chi connectivity index (χ0n) is 17.9. The first kappa shape index (κ1) is 21.4.